The number of oxazole rings is 1. The molecular formula is C57H105N15O3S3. The maximum atomic E-state index is 4.60. The molecule has 0 aliphatic rings. The van der Waals surface area contributed by atoms with Gasteiger partial charge < -0.3 is 23.4 Å². The van der Waals surface area contributed by atoms with Crippen molar-refractivity contribution in [2.24, 2.45) is 0 Å². The molecule has 0 atom stereocenters. The average molecular weight is 1140 g/mol. The van der Waals surface area contributed by atoms with Gasteiger partial charge in [0.2, 0.25) is 5.89 Å². The van der Waals surface area contributed by atoms with Crippen molar-refractivity contribution in [3.8, 4) is 0 Å². The minimum Gasteiger partial charge on any atom is -0.452 e. The van der Waals surface area contributed by atoms with Crippen LogP contribution in [0.5, 0.6) is 0 Å². The van der Waals surface area contributed by atoms with Crippen LogP contribution in [0.3, 0.4) is 0 Å². The van der Waals surface area contributed by atoms with E-state index in [-0.39, 0.29) is 0 Å². The molecule has 0 unspecified atom stereocenters. The molecule has 444 valence electrons. The highest BCUT2D eigenvalue weighted by atomic mass is 32.1. The van der Waals surface area contributed by atoms with Crippen LogP contribution in [0.2, 0.25) is 0 Å². The van der Waals surface area contributed by atoms with Gasteiger partial charge in [-0.25, -0.2) is 19.3 Å². The molecule has 0 saturated heterocycles. The Morgan fingerprint density at radius 2 is 1.19 bits per heavy atom. The van der Waals surface area contributed by atoms with Crippen LogP contribution in [0, 0.1) is 83.1 Å². The number of hydrogen-bond donors (Lipinski definition) is 4. The zero-order valence-electron chi connectivity index (χ0n) is 53.2. The van der Waals surface area contributed by atoms with Crippen molar-refractivity contribution >= 4 is 34.4 Å². The maximum absolute atomic E-state index is 4.60. The number of rotatable bonds is 0. The molecular weight excluding hydrogens is 1040 g/mol. The van der Waals surface area contributed by atoms with Crippen molar-refractivity contribution < 1.29 is 13.5 Å². The fraction of sp³-hybridized carbons (Fsp3) is 0.491. The van der Waals surface area contributed by atoms with E-state index >= 15 is 0 Å². The number of nitrogens with zero attached hydrogens (tertiary/aromatic N) is 11. The van der Waals surface area contributed by atoms with Gasteiger partial charge in [-0.2, -0.15) is 19.6 Å². The van der Waals surface area contributed by atoms with E-state index in [1.54, 1.807) is 68.8 Å². The van der Waals surface area contributed by atoms with E-state index in [2.05, 4.69) is 94.7 Å². The lowest BCUT2D eigenvalue weighted by Crippen LogP contribution is -1.70. The van der Waals surface area contributed by atoms with Crippen LogP contribution in [-0.2, 0) is 0 Å². The summed E-state index contributed by atoms with van der Waals surface area (Å²) in [7, 11) is 0. The van der Waals surface area contributed by atoms with E-state index in [0.29, 0.717) is 11.7 Å². The third kappa shape index (κ3) is 71.4. The molecule has 0 fully saturated rings. The summed E-state index contributed by atoms with van der Waals surface area (Å²) >= 11 is 4.56. The summed E-state index contributed by atoms with van der Waals surface area (Å²) in [4.78, 5) is 25.1. The minimum atomic E-state index is 0.623. The van der Waals surface area contributed by atoms with Crippen LogP contribution in [0.1, 0.15) is 178 Å². The number of aromatic nitrogens is 15. The molecule has 10 aromatic rings. The van der Waals surface area contributed by atoms with Gasteiger partial charge in [0.1, 0.15) is 23.4 Å². The van der Waals surface area contributed by atoms with Gasteiger partial charge in [-0.05, 0) is 128 Å². The Balaban J connectivity index is -0.000000113. The number of nitrogens with one attached hydrogen (secondary N) is 4. The summed E-state index contributed by atoms with van der Waals surface area (Å²) in [6, 6.07) is 3.94. The van der Waals surface area contributed by atoms with Crippen LogP contribution in [0.15, 0.2) is 117 Å². The van der Waals surface area contributed by atoms with Crippen LogP contribution in [-0.4, -0.2) is 74.3 Å². The molecule has 0 spiro atoms. The smallest absolute Gasteiger partial charge is 0.223 e. The third-order valence-electron chi connectivity index (χ3n) is 6.14. The van der Waals surface area contributed by atoms with Crippen LogP contribution < -0.4 is 0 Å². The second-order valence-electron chi connectivity index (χ2n) is 12.5. The van der Waals surface area contributed by atoms with Gasteiger partial charge in [0.05, 0.1) is 29.9 Å². The Hall–Kier alpha value is -6.71. The highest BCUT2D eigenvalue weighted by Gasteiger charge is 1.90. The molecule has 10 aromatic heterocycles. The van der Waals surface area contributed by atoms with E-state index in [1.807, 2.05) is 226 Å². The maximum Gasteiger partial charge on any atom is 0.223 e. The number of H-pyrrole nitrogens is 4. The number of aromatic amines is 4. The molecule has 10 heterocycles. The zero-order chi connectivity index (χ0) is 61.8. The SMILES string of the molecule is CC.CC.CC.CC.CC.CC.CC.CC.Cc1cc[nH]c1.Cc1ccn[nH]1.Cc1cn[nH]c1.Cc1cnc[nH]1.Cc1cnoc1.Cc1cnsc1.Cc1cocn1.Cc1cscn1.Cc1noc(C)n1.Cc1nsc(C)n1. The lowest BCUT2D eigenvalue weighted by Gasteiger charge is -1.68. The summed E-state index contributed by atoms with van der Waals surface area (Å²) in [5.74, 6) is 2.19. The van der Waals surface area contributed by atoms with E-state index in [9.17, 15) is 0 Å². The lowest BCUT2D eigenvalue weighted by molar-refractivity contribution is 0.389. The van der Waals surface area contributed by atoms with E-state index in [0.717, 1.165) is 39.2 Å². The Bertz CT molecular complexity index is 1870. The molecule has 78 heavy (non-hydrogen) atoms. The first-order chi connectivity index (χ1) is 37.7. The van der Waals surface area contributed by atoms with E-state index < -0.39 is 0 Å². The van der Waals surface area contributed by atoms with Crippen LogP contribution >= 0.6 is 34.4 Å². The van der Waals surface area contributed by atoms with Gasteiger partial charge >= 0.3 is 0 Å². The van der Waals surface area contributed by atoms with Gasteiger partial charge in [0.15, 0.2) is 12.2 Å². The highest BCUT2D eigenvalue weighted by molar-refractivity contribution is 7.07. The summed E-state index contributed by atoms with van der Waals surface area (Å²) in [5.41, 5.74) is 10.9. The molecule has 0 bridgehead atoms. The van der Waals surface area contributed by atoms with Gasteiger partial charge in [-0.3, -0.25) is 15.2 Å². The molecule has 0 amide bonds. The second-order valence-corrected chi connectivity index (χ2v) is 14.9. The van der Waals surface area contributed by atoms with Gasteiger partial charge in [0, 0.05) is 77.5 Å². The molecule has 0 aliphatic heterocycles. The molecule has 0 aromatic carbocycles. The van der Waals surface area contributed by atoms with Crippen LogP contribution in [0.25, 0.3) is 0 Å². The van der Waals surface area contributed by atoms with Crippen molar-refractivity contribution in [3.05, 3.63) is 171 Å². The Morgan fingerprint density at radius 3 is 1.32 bits per heavy atom. The fourth-order valence-electron chi connectivity index (χ4n) is 3.24. The molecule has 18 nitrogen and oxygen atoms in total. The summed E-state index contributed by atoms with van der Waals surface area (Å²) in [5, 5.41) is 24.9. The quantitative estimate of drug-likeness (QED) is 0.110. The standard InChI is InChI=1S/C5H7N.C4H6N2O.C4H6N2S.3C4H6N2.2C4H5NO.2C4H5NS.8C2H6/c1-5-2-3-6-4-5;2*1-3-5-4(2)7-6-3;1-4-2-5-3-6-4;1-4-2-5-6-3-4;1-4-2-3-5-6-4;1-4-2-6-3-5-4;1-4-2-5-6-3-4;1-4-2-6-3-5-4;1-4-2-5-6-3-4;8*1-2/h2-4,6H,1H3;2*1-2H3;3*2-3H,1H3,(H,5,6);4*2-3H,1H3;8*1-2H3. The lowest BCUT2D eigenvalue weighted by atomic mass is 10.4. The topological polar surface area (TPSA) is 244 Å². The van der Waals surface area contributed by atoms with Crippen molar-refractivity contribution in [2.75, 3.05) is 0 Å². The number of aryl methyl sites for hydroxylation is 12. The summed E-state index contributed by atoms with van der Waals surface area (Å²) < 4.78 is 21.5. The third-order valence-corrected chi connectivity index (χ3v) is 8.26. The van der Waals surface area contributed by atoms with Crippen molar-refractivity contribution in [1.82, 2.24) is 74.3 Å². The number of thiazole rings is 1. The first-order valence-corrected chi connectivity index (χ1v) is 29.2. The zero-order valence-corrected chi connectivity index (χ0v) is 55.6. The van der Waals surface area contributed by atoms with Gasteiger partial charge in [-0.15, -0.1) is 11.3 Å². The fourth-order valence-corrected chi connectivity index (χ4v) is 4.77. The Labute approximate surface area is 484 Å². The summed E-state index contributed by atoms with van der Waals surface area (Å²) in [6.07, 6.45) is 20.8. The second kappa shape index (κ2) is 74.5. The molecule has 0 radical (unpaired) electrons. The first-order valence-electron chi connectivity index (χ1n) is 26.6. The van der Waals surface area contributed by atoms with Crippen molar-refractivity contribution in [2.45, 2.75) is 194 Å². The van der Waals surface area contributed by atoms with E-state index in [1.165, 1.54) is 46.1 Å². The predicted octanol–water partition coefficient (Wildman–Crippen LogP) is 18.4. The molecule has 0 saturated carbocycles. The monoisotopic (exact) mass is 1140 g/mol. The summed E-state index contributed by atoms with van der Waals surface area (Å²) in [6.45, 7) is 55.2. The van der Waals surface area contributed by atoms with Crippen LogP contribution in [0.4, 0.5) is 0 Å². The largest absolute Gasteiger partial charge is 0.452 e. The molecule has 4 N–H and O–H groups in total. The highest BCUT2D eigenvalue weighted by Crippen LogP contribution is 1.99. The van der Waals surface area contributed by atoms with Gasteiger partial charge in [-0.1, -0.05) is 121 Å². The number of imidazole rings is 1. The first kappa shape index (κ1) is 87.9. The van der Waals surface area contributed by atoms with Crippen molar-refractivity contribution in [1.29, 1.82) is 0 Å². The molecule has 0 aliphatic carbocycles. The molecule has 10 rings (SSSR count). The van der Waals surface area contributed by atoms with Gasteiger partial charge in [0.25, 0.3) is 0 Å². The minimum absolute atomic E-state index is 0.623. The normalized spacial score (nSPS) is 7.74. The predicted molar refractivity (Wildman–Crippen MR) is 336 cm³/mol. The number of hydrogen-bond acceptors (Lipinski definition) is 17. The molecule has 21 heteroatoms. The van der Waals surface area contributed by atoms with E-state index in [4.69, 9.17) is 0 Å². The average Bonchev–Trinajstić information content (AvgIpc) is 4.29. The van der Waals surface area contributed by atoms with Crippen molar-refractivity contribution in [3.63, 3.8) is 0 Å². The Morgan fingerprint density at radius 1 is 0.551 bits per heavy atom. The Kier molecular flexibility index (Phi) is 84.0.